The topological polar surface area (TPSA) is 53.3 Å². The van der Waals surface area contributed by atoms with Gasteiger partial charge in [0.2, 0.25) is 0 Å². The van der Waals surface area contributed by atoms with Crippen molar-refractivity contribution in [2.24, 2.45) is 7.05 Å². The lowest BCUT2D eigenvalue weighted by atomic mass is 9.95. The molecule has 0 aliphatic carbocycles. The highest BCUT2D eigenvalue weighted by molar-refractivity contribution is 5.51. The van der Waals surface area contributed by atoms with Crippen molar-refractivity contribution in [3.63, 3.8) is 0 Å². The molecule has 5 nitrogen and oxygen atoms in total. The monoisotopic (exact) mass is 252 g/mol. The van der Waals surface area contributed by atoms with E-state index in [2.05, 4.69) is 15.3 Å². The van der Waals surface area contributed by atoms with Gasteiger partial charge in [-0.3, -0.25) is 4.68 Å². The van der Waals surface area contributed by atoms with Crippen molar-refractivity contribution in [3.8, 4) is 0 Å². The Balaban J connectivity index is 2.32. The van der Waals surface area contributed by atoms with Crippen LogP contribution in [-0.4, -0.2) is 40.6 Å². The molecule has 1 aromatic rings. The van der Waals surface area contributed by atoms with E-state index in [1.165, 1.54) is 5.56 Å². The average molecular weight is 252 g/mol. The molecular formula is C13H24N4O. The largest absolute Gasteiger partial charge is 0.388 e. The lowest BCUT2D eigenvalue weighted by molar-refractivity contribution is 0.0445. The summed E-state index contributed by atoms with van der Waals surface area (Å²) >= 11 is 0. The lowest BCUT2D eigenvalue weighted by Gasteiger charge is -2.38. The van der Waals surface area contributed by atoms with Crippen molar-refractivity contribution < 1.29 is 5.11 Å². The molecule has 2 N–H and O–H groups in total. The zero-order valence-electron chi connectivity index (χ0n) is 11.8. The molecule has 1 fully saturated rings. The normalized spacial score (nSPS) is 24.6. The van der Waals surface area contributed by atoms with Gasteiger partial charge < -0.3 is 15.3 Å². The van der Waals surface area contributed by atoms with Crippen LogP contribution < -0.4 is 10.2 Å². The molecule has 0 aromatic carbocycles. The van der Waals surface area contributed by atoms with Crippen molar-refractivity contribution in [2.75, 3.05) is 25.0 Å². The van der Waals surface area contributed by atoms with Crippen molar-refractivity contribution in [1.82, 2.24) is 15.1 Å². The van der Waals surface area contributed by atoms with Gasteiger partial charge in [-0.1, -0.05) is 0 Å². The summed E-state index contributed by atoms with van der Waals surface area (Å²) in [5, 5.41) is 17.9. The first-order chi connectivity index (χ1) is 8.44. The van der Waals surface area contributed by atoms with Crippen LogP contribution in [0.1, 0.15) is 31.0 Å². The summed E-state index contributed by atoms with van der Waals surface area (Å²) < 4.78 is 1.93. The molecule has 1 atom stereocenters. The molecule has 1 unspecified atom stereocenters. The number of aryl methyl sites for hydroxylation is 2. The minimum Gasteiger partial charge on any atom is -0.388 e. The van der Waals surface area contributed by atoms with E-state index in [9.17, 15) is 5.11 Å². The summed E-state index contributed by atoms with van der Waals surface area (Å²) in [5.41, 5.74) is 1.71. The Morgan fingerprint density at radius 3 is 2.83 bits per heavy atom. The minimum atomic E-state index is -0.590. The van der Waals surface area contributed by atoms with Gasteiger partial charge in [-0.15, -0.1) is 0 Å². The van der Waals surface area contributed by atoms with Crippen LogP contribution in [0, 0.1) is 6.92 Å². The molecular weight excluding hydrogens is 228 g/mol. The number of aromatic nitrogens is 2. The molecule has 1 saturated heterocycles. The third-order valence-electron chi connectivity index (χ3n) is 3.64. The van der Waals surface area contributed by atoms with Gasteiger partial charge in [-0.25, -0.2) is 0 Å². The highest BCUT2D eigenvalue weighted by atomic mass is 16.3. The van der Waals surface area contributed by atoms with Crippen LogP contribution in [0.3, 0.4) is 0 Å². The summed E-state index contributed by atoms with van der Waals surface area (Å²) in [4.78, 5) is 2.26. The van der Waals surface area contributed by atoms with E-state index >= 15 is 0 Å². The number of hydrogen-bond donors (Lipinski definition) is 2. The predicted molar refractivity (Wildman–Crippen MR) is 72.8 cm³/mol. The second kappa shape index (κ2) is 4.90. The third kappa shape index (κ3) is 2.52. The Labute approximate surface area is 109 Å². The number of hydrogen-bond acceptors (Lipinski definition) is 4. The van der Waals surface area contributed by atoms with E-state index in [1.54, 1.807) is 0 Å². The van der Waals surface area contributed by atoms with Crippen molar-refractivity contribution in [1.29, 1.82) is 0 Å². The smallest absolute Gasteiger partial charge is 0.131 e. The fraction of sp³-hybridized carbons (Fsp3) is 0.769. The van der Waals surface area contributed by atoms with Crippen LogP contribution in [-0.2, 0) is 13.6 Å². The Morgan fingerprint density at radius 2 is 2.22 bits per heavy atom. The van der Waals surface area contributed by atoms with Gasteiger partial charge in [-0.05, 0) is 33.7 Å². The second-order valence-electron chi connectivity index (χ2n) is 5.56. The standard InChI is InChI=1S/C13H24N4O/c1-10-11(8-14-3)12(16(4)15-10)17-7-5-6-13(2,18)9-17/h14,18H,5-9H2,1-4H3. The molecule has 18 heavy (non-hydrogen) atoms. The fourth-order valence-corrected chi connectivity index (χ4v) is 2.87. The maximum atomic E-state index is 10.2. The molecule has 0 radical (unpaired) electrons. The molecule has 0 saturated carbocycles. The Morgan fingerprint density at radius 1 is 1.50 bits per heavy atom. The maximum Gasteiger partial charge on any atom is 0.131 e. The number of nitrogens with zero attached hydrogens (tertiary/aromatic N) is 3. The third-order valence-corrected chi connectivity index (χ3v) is 3.64. The van der Waals surface area contributed by atoms with E-state index in [4.69, 9.17) is 0 Å². The Kier molecular flexibility index (Phi) is 3.64. The predicted octanol–water partition coefficient (Wildman–Crippen LogP) is 0.799. The van der Waals surface area contributed by atoms with E-state index in [0.717, 1.165) is 37.4 Å². The molecule has 0 amide bonds. The van der Waals surface area contributed by atoms with E-state index in [0.29, 0.717) is 6.54 Å². The highest BCUT2D eigenvalue weighted by Crippen LogP contribution is 2.29. The maximum absolute atomic E-state index is 10.2. The SMILES string of the molecule is CNCc1c(C)nn(C)c1N1CCCC(C)(O)C1. The van der Waals surface area contributed by atoms with Gasteiger partial charge >= 0.3 is 0 Å². The molecule has 2 heterocycles. The van der Waals surface area contributed by atoms with Crippen LogP contribution in [0.5, 0.6) is 0 Å². The molecule has 0 bridgehead atoms. The number of piperidine rings is 1. The fourth-order valence-electron chi connectivity index (χ4n) is 2.87. The first kappa shape index (κ1) is 13.4. The zero-order chi connectivity index (χ0) is 13.3. The summed E-state index contributed by atoms with van der Waals surface area (Å²) in [5.74, 6) is 1.14. The first-order valence-corrected chi connectivity index (χ1v) is 6.59. The van der Waals surface area contributed by atoms with E-state index in [1.807, 2.05) is 32.6 Å². The van der Waals surface area contributed by atoms with Gasteiger partial charge in [0.1, 0.15) is 5.82 Å². The van der Waals surface area contributed by atoms with Crippen molar-refractivity contribution >= 4 is 5.82 Å². The highest BCUT2D eigenvalue weighted by Gasteiger charge is 2.31. The zero-order valence-corrected chi connectivity index (χ0v) is 11.8. The summed E-state index contributed by atoms with van der Waals surface area (Å²) in [6.07, 6.45) is 1.90. The number of β-amino-alcohol motifs (C(OH)–C–C–N with tert-alkyl or cyclic N) is 1. The number of aliphatic hydroxyl groups is 1. The molecule has 1 aliphatic rings. The van der Waals surface area contributed by atoms with Crippen LogP contribution in [0.25, 0.3) is 0 Å². The number of rotatable bonds is 3. The summed E-state index contributed by atoms with van der Waals surface area (Å²) in [6.45, 7) is 6.45. The van der Waals surface area contributed by atoms with Crippen LogP contribution in [0.4, 0.5) is 5.82 Å². The van der Waals surface area contributed by atoms with Crippen LogP contribution in [0.15, 0.2) is 0 Å². The quantitative estimate of drug-likeness (QED) is 0.835. The van der Waals surface area contributed by atoms with Gasteiger partial charge in [-0.2, -0.15) is 5.10 Å². The van der Waals surface area contributed by atoms with E-state index in [-0.39, 0.29) is 0 Å². The molecule has 1 aliphatic heterocycles. The van der Waals surface area contributed by atoms with Crippen molar-refractivity contribution in [3.05, 3.63) is 11.3 Å². The minimum absolute atomic E-state index is 0.590. The molecule has 0 spiro atoms. The average Bonchev–Trinajstić information content (AvgIpc) is 2.53. The van der Waals surface area contributed by atoms with Gasteiger partial charge in [0.05, 0.1) is 11.3 Å². The van der Waals surface area contributed by atoms with Crippen LogP contribution in [0.2, 0.25) is 0 Å². The molecule has 5 heteroatoms. The lowest BCUT2D eigenvalue weighted by Crippen LogP contribution is -2.47. The molecule has 2 rings (SSSR count). The van der Waals surface area contributed by atoms with E-state index < -0.39 is 5.60 Å². The first-order valence-electron chi connectivity index (χ1n) is 6.59. The van der Waals surface area contributed by atoms with Crippen molar-refractivity contribution in [2.45, 2.75) is 38.8 Å². The Hall–Kier alpha value is -1.07. The Bertz CT molecular complexity index is 425. The molecule has 1 aromatic heterocycles. The number of anilines is 1. The second-order valence-corrected chi connectivity index (χ2v) is 5.56. The van der Waals surface area contributed by atoms with Gasteiger partial charge in [0.25, 0.3) is 0 Å². The van der Waals surface area contributed by atoms with Crippen LogP contribution >= 0.6 is 0 Å². The molecule has 102 valence electrons. The van der Waals surface area contributed by atoms with Gasteiger partial charge in [0.15, 0.2) is 0 Å². The summed E-state index contributed by atoms with van der Waals surface area (Å²) in [7, 11) is 3.92. The number of nitrogens with one attached hydrogen (secondary N) is 1. The summed E-state index contributed by atoms with van der Waals surface area (Å²) in [6, 6.07) is 0. The van der Waals surface area contributed by atoms with Gasteiger partial charge in [0, 0.05) is 32.2 Å².